The highest BCUT2D eigenvalue weighted by Gasteiger charge is 2.14. The summed E-state index contributed by atoms with van der Waals surface area (Å²) in [4.78, 5) is 12.7. The van der Waals surface area contributed by atoms with Crippen molar-refractivity contribution in [3.8, 4) is 17.2 Å². The number of Topliss-reactive ketones (excluding diaryl/α,β-unsaturated/α-hetero) is 1. The number of thiophene rings is 1. The Morgan fingerprint density at radius 3 is 2.68 bits per heavy atom. The quantitative estimate of drug-likeness (QED) is 0.854. The van der Waals surface area contributed by atoms with Crippen LogP contribution in [0.25, 0.3) is 0 Å². The summed E-state index contributed by atoms with van der Waals surface area (Å²) in [6.07, 6.45) is 0.217. The first-order valence-electron chi connectivity index (χ1n) is 5.66. The molecule has 0 atom stereocenters. The molecule has 19 heavy (non-hydrogen) atoms. The second kappa shape index (κ2) is 5.75. The van der Waals surface area contributed by atoms with Crippen molar-refractivity contribution in [3.05, 3.63) is 40.1 Å². The number of methoxy groups -OCH3 is 2. The Bertz CT molecular complexity index is 575. The Labute approximate surface area is 115 Å². The van der Waals surface area contributed by atoms with Gasteiger partial charge in [-0.2, -0.15) is 0 Å². The number of ether oxygens (including phenoxy) is 2. The number of hydrogen-bond acceptors (Lipinski definition) is 5. The highest BCUT2D eigenvalue weighted by atomic mass is 32.1. The molecule has 0 aliphatic carbocycles. The van der Waals surface area contributed by atoms with E-state index < -0.39 is 0 Å². The molecular formula is C14H14O4S. The number of phenolic OH excluding ortho intramolecular Hbond substituents is 1. The molecule has 0 aliphatic rings. The van der Waals surface area contributed by atoms with Crippen LogP contribution in [0.4, 0.5) is 0 Å². The van der Waals surface area contributed by atoms with Crippen molar-refractivity contribution in [2.24, 2.45) is 0 Å². The van der Waals surface area contributed by atoms with Gasteiger partial charge in [-0.1, -0.05) is 6.07 Å². The fourth-order valence-corrected chi connectivity index (χ4v) is 2.48. The first kappa shape index (κ1) is 13.4. The molecule has 100 valence electrons. The van der Waals surface area contributed by atoms with Gasteiger partial charge in [0.25, 0.3) is 0 Å². The summed E-state index contributed by atoms with van der Waals surface area (Å²) in [6, 6.07) is 6.84. The van der Waals surface area contributed by atoms with Gasteiger partial charge in [0, 0.05) is 6.42 Å². The van der Waals surface area contributed by atoms with Crippen LogP contribution in [0.15, 0.2) is 29.6 Å². The molecule has 0 radical (unpaired) electrons. The van der Waals surface area contributed by atoms with E-state index in [2.05, 4.69) is 0 Å². The molecule has 1 N–H and O–H groups in total. The zero-order valence-corrected chi connectivity index (χ0v) is 11.5. The third kappa shape index (κ3) is 2.88. The SMILES string of the molecule is COc1cc(CC(=O)c2cccs2)cc(O)c1OC. The van der Waals surface area contributed by atoms with E-state index in [1.165, 1.54) is 31.6 Å². The van der Waals surface area contributed by atoms with Crippen LogP contribution in [0, 0.1) is 0 Å². The van der Waals surface area contributed by atoms with Crippen molar-refractivity contribution >= 4 is 17.1 Å². The second-order valence-electron chi connectivity index (χ2n) is 3.93. The summed E-state index contributed by atoms with van der Waals surface area (Å²) in [5.41, 5.74) is 0.688. The van der Waals surface area contributed by atoms with Gasteiger partial charge in [0.1, 0.15) is 0 Å². The normalized spacial score (nSPS) is 10.2. The smallest absolute Gasteiger partial charge is 0.203 e. The molecule has 0 bridgehead atoms. The zero-order chi connectivity index (χ0) is 13.8. The summed E-state index contributed by atoms with van der Waals surface area (Å²) < 4.78 is 10.2. The molecule has 0 spiro atoms. The lowest BCUT2D eigenvalue weighted by atomic mass is 10.1. The molecule has 1 aromatic heterocycles. The Morgan fingerprint density at radius 1 is 1.32 bits per heavy atom. The summed E-state index contributed by atoms with van der Waals surface area (Å²) >= 11 is 1.40. The molecule has 0 unspecified atom stereocenters. The zero-order valence-electron chi connectivity index (χ0n) is 10.7. The summed E-state index contributed by atoms with van der Waals surface area (Å²) in [6.45, 7) is 0. The molecule has 4 nitrogen and oxygen atoms in total. The molecule has 0 saturated carbocycles. The molecule has 0 aliphatic heterocycles. The highest BCUT2D eigenvalue weighted by Crippen LogP contribution is 2.37. The van der Waals surface area contributed by atoms with Crippen molar-refractivity contribution in [2.45, 2.75) is 6.42 Å². The summed E-state index contributed by atoms with van der Waals surface area (Å²) in [5, 5.41) is 11.7. The number of rotatable bonds is 5. The maximum Gasteiger partial charge on any atom is 0.203 e. The number of hydrogen-bond donors (Lipinski definition) is 1. The van der Waals surface area contributed by atoms with Gasteiger partial charge < -0.3 is 14.6 Å². The maximum atomic E-state index is 12.0. The molecule has 1 heterocycles. The first-order chi connectivity index (χ1) is 9.15. The van der Waals surface area contributed by atoms with Crippen molar-refractivity contribution in [3.63, 3.8) is 0 Å². The first-order valence-corrected chi connectivity index (χ1v) is 6.54. The van der Waals surface area contributed by atoms with Crippen LogP contribution in [0.1, 0.15) is 15.2 Å². The maximum absolute atomic E-state index is 12.0. The number of ketones is 1. The van der Waals surface area contributed by atoms with E-state index >= 15 is 0 Å². The summed E-state index contributed by atoms with van der Waals surface area (Å²) in [7, 11) is 2.94. The number of carbonyl (C=O) groups is 1. The van der Waals surface area contributed by atoms with Gasteiger partial charge in [-0.25, -0.2) is 0 Å². The van der Waals surface area contributed by atoms with Crippen LogP contribution in [0.2, 0.25) is 0 Å². The van der Waals surface area contributed by atoms with Gasteiger partial charge in [-0.3, -0.25) is 4.79 Å². The lowest BCUT2D eigenvalue weighted by molar-refractivity contribution is 0.0997. The van der Waals surface area contributed by atoms with Crippen molar-refractivity contribution in [2.75, 3.05) is 14.2 Å². The monoisotopic (exact) mass is 278 g/mol. The number of benzene rings is 1. The third-order valence-corrected chi connectivity index (χ3v) is 3.59. The van der Waals surface area contributed by atoms with Crippen LogP contribution in [0.3, 0.4) is 0 Å². The number of aromatic hydroxyl groups is 1. The van der Waals surface area contributed by atoms with Crippen molar-refractivity contribution < 1.29 is 19.4 Å². The van der Waals surface area contributed by atoms with Crippen LogP contribution in [-0.4, -0.2) is 25.1 Å². The largest absolute Gasteiger partial charge is 0.504 e. The Morgan fingerprint density at radius 2 is 2.11 bits per heavy atom. The lowest BCUT2D eigenvalue weighted by Crippen LogP contribution is -2.02. The average Bonchev–Trinajstić information content (AvgIpc) is 2.92. The van der Waals surface area contributed by atoms with Crippen LogP contribution in [-0.2, 0) is 6.42 Å². The van der Waals surface area contributed by atoms with E-state index in [1.807, 2.05) is 11.4 Å². The van der Waals surface area contributed by atoms with Crippen LogP contribution in [0.5, 0.6) is 17.2 Å². The van der Waals surface area contributed by atoms with Gasteiger partial charge in [-0.15, -0.1) is 11.3 Å². The summed E-state index contributed by atoms with van der Waals surface area (Å²) in [5.74, 6) is 0.670. The van der Waals surface area contributed by atoms with Gasteiger partial charge in [0.2, 0.25) is 5.75 Å². The molecule has 0 fully saturated rings. The predicted molar refractivity (Wildman–Crippen MR) is 73.6 cm³/mol. The van der Waals surface area contributed by atoms with E-state index in [0.717, 1.165) is 0 Å². The van der Waals surface area contributed by atoms with Crippen molar-refractivity contribution in [1.82, 2.24) is 0 Å². The van der Waals surface area contributed by atoms with Crippen LogP contribution >= 0.6 is 11.3 Å². The lowest BCUT2D eigenvalue weighted by Gasteiger charge is -2.11. The second-order valence-corrected chi connectivity index (χ2v) is 4.88. The fourth-order valence-electron chi connectivity index (χ4n) is 1.81. The highest BCUT2D eigenvalue weighted by molar-refractivity contribution is 7.12. The van der Waals surface area contributed by atoms with E-state index in [1.54, 1.807) is 12.1 Å². The number of phenols is 1. The van der Waals surface area contributed by atoms with Gasteiger partial charge in [-0.05, 0) is 29.1 Å². The Balaban J connectivity index is 2.26. The Kier molecular flexibility index (Phi) is 4.06. The molecule has 5 heteroatoms. The van der Waals surface area contributed by atoms with E-state index in [-0.39, 0.29) is 23.7 Å². The van der Waals surface area contributed by atoms with E-state index in [0.29, 0.717) is 16.2 Å². The molecule has 2 rings (SSSR count). The van der Waals surface area contributed by atoms with E-state index in [4.69, 9.17) is 9.47 Å². The Hall–Kier alpha value is -2.01. The van der Waals surface area contributed by atoms with E-state index in [9.17, 15) is 9.90 Å². The average molecular weight is 278 g/mol. The minimum Gasteiger partial charge on any atom is -0.504 e. The molecular weight excluding hydrogens is 264 g/mol. The number of carbonyl (C=O) groups excluding carboxylic acids is 1. The standard InChI is InChI=1S/C14H14O4S/c1-17-12-8-9(7-11(16)14(12)18-2)6-10(15)13-4-3-5-19-13/h3-5,7-8,16H,6H2,1-2H3. The minimum absolute atomic E-state index is 0.0154. The van der Waals surface area contributed by atoms with Gasteiger partial charge in [0.15, 0.2) is 17.3 Å². The third-order valence-electron chi connectivity index (χ3n) is 2.68. The topological polar surface area (TPSA) is 55.8 Å². The molecule has 1 aromatic carbocycles. The minimum atomic E-state index is -0.0316. The van der Waals surface area contributed by atoms with Gasteiger partial charge >= 0.3 is 0 Å². The van der Waals surface area contributed by atoms with Crippen molar-refractivity contribution in [1.29, 1.82) is 0 Å². The molecule has 0 amide bonds. The molecule has 0 saturated heterocycles. The van der Waals surface area contributed by atoms with Gasteiger partial charge in [0.05, 0.1) is 19.1 Å². The predicted octanol–water partition coefficient (Wildman–Crippen LogP) is 2.90. The fraction of sp³-hybridized carbons (Fsp3) is 0.214. The van der Waals surface area contributed by atoms with Crippen LogP contribution < -0.4 is 9.47 Å². The molecule has 2 aromatic rings.